The maximum absolute atomic E-state index is 5.98. The van der Waals surface area contributed by atoms with Gasteiger partial charge >= 0.3 is 0 Å². The maximum Gasteiger partial charge on any atom is 0.126 e. The maximum atomic E-state index is 5.98. The number of nitrogen functional groups attached to an aromatic ring is 1. The van der Waals surface area contributed by atoms with Gasteiger partial charge in [-0.3, -0.25) is 0 Å². The van der Waals surface area contributed by atoms with Gasteiger partial charge in [-0.05, 0) is 29.8 Å². The Morgan fingerprint density at radius 3 is 2.82 bits per heavy atom. The standard InChI is InChI=1S/C13H13ClN2O/c1-17-12-5-4-11(14)8-10(12)7-9-3-2-6-16-13(9)15/h2-6,8H,7H2,1H3,(H2,15,16). The molecule has 2 rings (SSSR count). The van der Waals surface area contributed by atoms with Crippen molar-refractivity contribution in [3.63, 3.8) is 0 Å². The van der Waals surface area contributed by atoms with Crippen molar-refractivity contribution in [1.82, 2.24) is 4.98 Å². The van der Waals surface area contributed by atoms with Crippen LogP contribution in [0.5, 0.6) is 5.75 Å². The van der Waals surface area contributed by atoms with Crippen molar-refractivity contribution in [2.75, 3.05) is 12.8 Å². The third kappa shape index (κ3) is 2.68. The number of hydrogen-bond acceptors (Lipinski definition) is 3. The van der Waals surface area contributed by atoms with Crippen LogP contribution in [0, 0.1) is 0 Å². The second-order valence-electron chi connectivity index (χ2n) is 3.68. The highest BCUT2D eigenvalue weighted by Gasteiger charge is 2.07. The average molecular weight is 249 g/mol. The summed E-state index contributed by atoms with van der Waals surface area (Å²) in [6.07, 6.45) is 2.33. The van der Waals surface area contributed by atoms with Crippen LogP contribution in [-0.4, -0.2) is 12.1 Å². The Labute approximate surface area is 105 Å². The van der Waals surface area contributed by atoms with Gasteiger partial charge in [0.2, 0.25) is 0 Å². The molecule has 0 fully saturated rings. The first-order valence-corrected chi connectivity index (χ1v) is 5.60. The van der Waals surface area contributed by atoms with Gasteiger partial charge < -0.3 is 10.5 Å². The van der Waals surface area contributed by atoms with Crippen molar-refractivity contribution < 1.29 is 4.74 Å². The van der Waals surface area contributed by atoms with Crippen molar-refractivity contribution in [3.05, 3.63) is 52.7 Å². The van der Waals surface area contributed by atoms with E-state index in [1.807, 2.05) is 24.3 Å². The van der Waals surface area contributed by atoms with E-state index in [0.717, 1.165) is 16.9 Å². The van der Waals surface area contributed by atoms with E-state index < -0.39 is 0 Å². The predicted octanol–water partition coefficient (Wildman–Crippen LogP) is 2.92. The molecule has 0 aliphatic heterocycles. The van der Waals surface area contributed by atoms with Crippen LogP contribution in [-0.2, 0) is 6.42 Å². The van der Waals surface area contributed by atoms with E-state index in [2.05, 4.69) is 4.98 Å². The van der Waals surface area contributed by atoms with Crippen LogP contribution >= 0.6 is 11.6 Å². The summed E-state index contributed by atoms with van der Waals surface area (Å²) in [5.41, 5.74) is 7.78. The Morgan fingerprint density at radius 1 is 1.29 bits per heavy atom. The number of methoxy groups -OCH3 is 1. The second-order valence-corrected chi connectivity index (χ2v) is 4.12. The van der Waals surface area contributed by atoms with Gasteiger partial charge in [0.1, 0.15) is 11.6 Å². The van der Waals surface area contributed by atoms with Crippen molar-refractivity contribution in [2.45, 2.75) is 6.42 Å². The second kappa shape index (κ2) is 5.06. The van der Waals surface area contributed by atoms with Crippen LogP contribution in [0.4, 0.5) is 5.82 Å². The zero-order valence-electron chi connectivity index (χ0n) is 9.48. The number of rotatable bonds is 3. The molecule has 0 radical (unpaired) electrons. The molecule has 3 nitrogen and oxygen atoms in total. The van der Waals surface area contributed by atoms with Gasteiger partial charge in [-0.1, -0.05) is 17.7 Å². The topological polar surface area (TPSA) is 48.1 Å². The van der Waals surface area contributed by atoms with Crippen LogP contribution in [0.1, 0.15) is 11.1 Å². The van der Waals surface area contributed by atoms with Gasteiger partial charge in [0.25, 0.3) is 0 Å². The zero-order valence-corrected chi connectivity index (χ0v) is 10.2. The highest BCUT2D eigenvalue weighted by atomic mass is 35.5. The third-order valence-corrected chi connectivity index (χ3v) is 2.78. The number of hydrogen-bond donors (Lipinski definition) is 1. The summed E-state index contributed by atoms with van der Waals surface area (Å²) < 4.78 is 5.29. The molecule has 0 saturated heterocycles. The van der Waals surface area contributed by atoms with Crippen molar-refractivity contribution in [2.24, 2.45) is 0 Å². The predicted molar refractivity (Wildman–Crippen MR) is 69.5 cm³/mol. The Morgan fingerprint density at radius 2 is 2.12 bits per heavy atom. The lowest BCUT2D eigenvalue weighted by atomic mass is 10.0. The summed E-state index contributed by atoms with van der Waals surface area (Å²) in [6, 6.07) is 9.35. The molecule has 0 amide bonds. The molecule has 0 atom stereocenters. The van der Waals surface area contributed by atoms with Crippen molar-refractivity contribution in [1.29, 1.82) is 0 Å². The Bertz CT molecular complexity index is 529. The molecular weight excluding hydrogens is 236 g/mol. The van der Waals surface area contributed by atoms with Gasteiger partial charge in [-0.25, -0.2) is 4.98 Å². The van der Waals surface area contributed by atoms with E-state index in [-0.39, 0.29) is 0 Å². The lowest BCUT2D eigenvalue weighted by Gasteiger charge is -2.10. The number of nitrogens with zero attached hydrogens (tertiary/aromatic N) is 1. The molecule has 88 valence electrons. The number of ether oxygens (including phenoxy) is 1. The first-order valence-electron chi connectivity index (χ1n) is 5.22. The molecule has 4 heteroatoms. The van der Waals surface area contributed by atoms with E-state index in [1.165, 1.54) is 0 Å². The number of aromatic nitrogens is 1. The lowest BCUT2D eigenvalue weighted by Crippen LogP contribution is -1.99. The molecule has 1 aromatic heterocycles. The minimum atomic E-state index is 0.537. The Balaban J connectivity index is 2.35. The largest absolute Gasteiger partial charge is 0.496 e. The molecule has 0 bridgehead atoms. The number of anilines is 1. The summed E-state index contributed by atoms with van der Waals surface area (Å²) in [5, 5.41) is 0.684. The van der Waals surface area contributed by atoms with E-state index in [1.54, 1.807) is 19.4 Å². The minimum absolute atomic E-state index is 0.537. The molecule has 17 heavy (non-hydrogen) atoms. The Kier molecular flexibility index (Phi) is 3.49. The fraction of sp³-hybridized carbons (Fsp3) is 0.154. The molecule has 1 aromatic carbocycles. The quantitative estimate of drug-likeness (QED) is 0.909. The Hall–Kier alpha value is -1.74. The fourth-order valence-corrected chi connectivity index (χ4v) is 1.89. The summed E-state index contributed by atoms with van der Waals surface area (Å²) >= 11 is 5.98. The third-order valence-electron chi connectivity index (χ3n) is 2.55. The van der Waals surface area contributed by atoms with Gasteiger partial charge in [0.05, 0.1) is 7.11 Å². The van der Waals surface area contributed by atoms with Crippen molar-refractivity contribution in [3.8, 4) is 5.75 Å². The number of pyridine rings is 1. The summed E-state index contributed by atoms with van der Waals surface area (Å²) in [6.45, 7) is 0. The monoisotopic (exact) mass is 248 g/mol. The van der Waals surface area contributed by atoms with Gasteiger partial charge in [0.15, 0.2) is 0 Å². The molecule has 0 aliphatic carbocycles. The van der Waals surface area contributed by atoms with Gasteiger partial charge in [-0.2, -0.15) is 0 Å². The minimum Gasteiger partial charge on any atom is -0.496 e. The van der Waals surface area contributed by atoms with E-state index in [0.29, 0.717) is 17.3 Å². The number of halogens is 1. The first kappa shape index (κ1) is 11.7. The van der Waals surface area contributed by atoms with Gasteiger partial charge in [-0.15, -0.1) is 0 Å². The van der Waals surface area contributed by atoms with Crippen LogP contribution in [0.2, 0.25) is 5.02 Å². The number of benzene rings is 1. The molecular formula is C13H13ClN2O. The normalized spacial score (nSPS) is 10.2. The summed E-state index contributed by atoms with van der Waals surface area (Å²) in [4.78, 5) is 4.06. The SMILES string of the molecule is COc1ccc(Cl)cc1Cc1cccnc1N. The average Bonchev–Trinajstić information content (AvgIpc) is 2.32. The first-order chi connectivity index (χ1) is 8.20. The number of nitrogens with two attached hydrogens (primary N) is 1. The van der Waals surface area contributed by atoms with Crippen LogP contribution in [0.25, 0.3) is 0 Å². The van der Waals surface area contributed by atoms with Crippen molar-refractivity contribution >= 4 is 17.4 Å². The fourth-order valence-electron chi connectivity index (χ4n) is 1.69. The molecule has 2 N–H and O–H groups in total. The van der Waals surface area contributed by atoms with Crippen LogP contribution < -0.4 is 10.5 Å². The molecule has 0 saturated carbocycles. The summed E-state index contributed by atoms with van der Waals surface area (Å²) in [7, 11) is 1.64. The van der Waals surface area contributed by atoms with Crippen LogP contribution in [0.15, 0.2) is 36.5 Å². The molecule has 0 aliphatic rings. The molecule has 1 heterocycles. The molecule has 2 aromatic rings. The molecule has 0 spiro atoms. The lowest BCUT2D eigenvalue weighted by molar-refractivity contribution is 0.410. The highest BCUT2D eigenvalue weighted by Crippen LogP contribution is 2.26. The van der Waals surface area contributed by atoms with Crippen LogP contribution in [0.3, 0.4) is 0 Å². The van der Waals surface area contributed by atoms with E-state index in [9.17, 15) is 0 Å². The molecule has 0 unspecified atom stereocenters. The van der Waals surface area contributed by atoms with E-state index in [4.69, 9.17) is 22.1 Å². The van der Waals surface area contributed by atoms with E-state index >= 15 is 0 Å². The van der Waals surface area contributed by atoms with Gasteiger partial charge in [0, 0.05) is 23.2 Å². The smallest absolute Gasteiger partial charge is 0.126 e. The highest BCUT2D eigenvalue weighted by molar-refractivity contribution is 6.30. The summed E-state index contributed by atoms with van der Waals surface area (Å²) in [5.74, 6) is 1.34. The zero-order chi connectivity index (χ0) is 12.3.